The molecule has 5 nitrogen and oxygen atoms in total. The normalized spacial score (nSPS) is 19.5. The first kappa shape index (κ1) is 18.4. The van der Waals surface area contributed by atoms with Crippen molar-refractivity contribution in [1.82, 2.24) is 4.31 Å². The molecule has 0 saturated carbocycles. The molecule has 1 saturated heterocycles. The van der Waals surface area contributed by atoms with E-state index in [9.17, 15) is 13.2 Å². The van der Waals surface area contributed by atoms with E-state index in [2.05, 4.69) is 21.2 Å². The van der Waals surface area contributed by atoms with Crippen LogP contribution in [0.15, 0.2) is 22.7 Å². The molecule has 23 heavy (non-hydrogen) atoms. The molecule has 0 spiro atoms. The molecule has 0 aromatic heterocycles. The van der Waals surface area contributed by atoms with Gasteiger partial charge in [0.15, 0.2) is 0 Å². The summed E-state index contributed by atoms with van der Waals surface area (Å²) < 4.78 is 26.8. The second kappa shape index (κ2) is 7.77. The molecule has 1 aliphatic rings. The predicted octanol–water partition coefficient (Wildman–Crippen LogP) is 3.15. The van der Waals surface area contributed by atoms with Gasteiger partial charge in [-0.15, -0.1) is 0 Å². The van der Waals surface area contributed by atoms with E-state index in [0.29, 0.717) is 13.0 Å². The Kier molecular flexibility index (Phi) is 6.22. The number of nitrogens with one attached hydrogen (secondary N) is 1. The summed E-state index contributed by atoms with van der Waals surface area (Å²) in [5, 5.41) is 2.89. The van der Waals surface area contributed by atoms with Crippen molar-refractivity contribution >= 4 is 37.5 Å². The summed E-state index contributed by atoms with van der Waals surface area (Å²) in [7, 11) is -3.24. The molecule has 1 fully saturated rings. The van der Waals surface area contributed by atoms with Gasteiger partial charge in [-0.1, -0.05) is 28.9 Å². The zero-order valence-electron chi connectivity index (χ0n) is 13.5. The van der Waals surface area contributed by atoms with E-state index in [4.69, 9.17) is 0 Å². The fourth-order valence-corrected chi connectivity index (χ4v) is 4.68. The number of nitrogens with zero attached hydrogens (tertiary/aromatic N) is 1. The number of hydrogen-bond donors (Lipinski definition) is 1. The highest BCUT2D eigenvalue weighted by Gasteiger charge is 2.31. The van der Waals surface area contributed by atoms with E-state index in [1.54, 1.807) is 0 Å². The summed E-state index contributed by atoms with van der Waals surface area (Å²) >= 11 is 3.45. The summed E-state index contributed by atoms with van der Waals surface area (Å²) in [6, 6.07) is 5.65. The van der Waals surface area contributed by atoms with Crippen molar-refractivity contribution in [1.29, 1.82) is 0 Å². The van der Waals surface area contributed by atoms with Crippen molar-refractivity contribution in [3.05, 3.63) is 28.2 Å². The fraction of sp³-hybridized carbons (Fsp3) is 0.562. The second-order valence-corrected chi connectivity index (χ2v) is 8.91. The second-order valence-electron chi connectivity index (χ2n) is 5.97. The van der Waals surface area contributed by atoms with Gasteiger partial charge in [0.25, 0.3) is 0 Å². The fourth-order valence-electron chi connectivity index (χ4n) is 2.71. The summed E-state index contributed by atoms with van der Waals surface area (Å²) in [5.74, 6) is -0.265. The first-order chi connectivity index (χ1) is 10.8. The third kappa shape index (κ3) is 4.78. The number of benzene rings is 1. The van der Waals surface area contributed by atoms with Gasteiger partial charge in [-0.05, 0) is 43.9 Å². The van der Waals surface area contributed by atoms with Gasteiger partial charge in [0.05, 0.1) is 11.7 Å². The number of carbonyl (C=O) groups is 1. The van der Waals surface area contributed by atoms with Gasteiger partial charge in [-0.2, -0.15) is 0 Å². The maximum atomic E-state index is 12.4. The van der Waals surface area contributed by atoms with Crippen molar-refractivity contribution in [3.8, 4) is 0 Å². The molecule has 1 heterocycles. The molecular formula is C16H23BrN2O3S. The summed E-state index contributed by atoms with van der Waals surface area (Å²) in [5.41, 5.74) is 1.82. The largest absolute Gasteiger partial charge is 0.326 e. The molecule has 2 rings (SSSR count). The highest BCUT2D eigenvalue weighted by molar-refractivity contribution is 9.10. The summed E-state index contributed by atoms with van der Waals surface area (Å²) in [6.07, 6.45) is 2.03. The lowest BCUT2D eigenvalue weighted by Crippen LogP contribution is -2.44. The number of sulfonamides is 1. The molecule has 1 aromatic rings. The monoisotopic (exact) mass is 402 g/mol. The predicted molar refractivity (Wildman–Crippen MR) is 95.9 cm³/mol. The molecule has 1 N–H and O–H groups in total. The maximum Gasteiger partial charge on any atom is 0.228 e. The van der Waals surface area contributed by atoms with Gasteiger partial charge < -0.3 is 5.32 Å². The smallest absolute Gasteiger partial charge is 0.228 e. The molecule has 0 aliphatic carbocycles. The van der Waals surface area contributed by atoms with E-state index < -0.39 is 10.0 Å². The molecule has 1 unspecified atom stereocenters. The van der Waals surface area contributed by atoms with Crippen LogP contribution in [-0.2, 0) is 14.8 Å². The third-order valence-electron chi connectivity index (χ3n) is 4.05. The van der Waals surface area contributed by atoms with Gasteiger partial charge in [0, 0.05) is 23.2 Å². The van der Waals surface area contributed by atoms with Crippen LogP contribution in [0, 0.1) is 12.8 Å². The van der Waals surface area contributed by atoms with E-state index in [1.807, 2.05) is 32.0 Å². The highest BCUT2D eigenvalue weighted by atomic mass is 79.9. The number of amides is 1. The van der Waals surface area contributed by atoms with Crippen molar-refractivity contribution in [2.75, 3.05) is 24.2 Å². The van der Waals surface area contributed by atoms with Crippen molar-refractivity contribution in [3.63, 3.8) is 0 Å². The minimum absolute atomic E-state index is 0.114. The van der Waals surface area contributed by atoms with E-state index >= 15 is 0 Å². The molecule has 1 aromatic carbocycles. The Bertz CT molecular complexity index is 676. The quantitative estimate of drug-likeness (QED) is 0.822. The lowest BCUT2D eigenvalue weighted by atomic mass is 9.98. The molecule has 1 amide bonds. The lowest BCUT2D eigenvalue weighted by Gasteiger charge is -2.31. The standard InChI is InChI=1S/C16H23BrN2O3S/c1-3-9-23(21,22)19-8-4-5-13(11-19)16(20)18-14-7-6-12(2)15(17)10-14/h6-7,10,13H,3-5,8-9,11H2,1-2H3,(H,18,20). The van der Waals surface area contributed by atoms with Crippen molar-refractivity contribution in [2.45, 2.75) is 33.1 Å². The van der Waals surface area contributed by atoms with E-state index in [-0.39, 0.29) is 24.1 Å². The number of anilines is 1. The third-order valence-corrected chi connectivity index (χ3v) is 6.95. The topological polar surface area (TPSA) is 66.5 Å². The first-order valence-electron chi connectivity index (χ1n) is 7.88. The molecular weight excluding hydrogens is 380 g/mol. The number of halogens is 1. The Morgan fingerprint density at radius 2 is 2.17 bits per heavy atom. The van der Waals surface area contributed by atoms with E-state index in [1.165, 1.54) is 4.31 Å². The summed E-state index contributed by atoms with van der Waals surface area (Å²) in [4.78, 5) is 12.4. The maximum absolute atomic E-state index is 12.4. The Morgan fingerprint density at radius 1 is 1.43 bits per heavy atom. The number of carbonyl (C=O) groups excluding carboxylic acids is 1. The number of hydrogen-bond acceptors (Lipinski definition) is 3. The van der Waals surface area contributed by atoms with Gasteiger partial charge in [0.1, 0.15) is 0 Å². The zero-order valence-corrected chi connectivity index (χ0v) is 15.9. The Hall–Kier alpha value is -0.920. The van der Waals surface area contributed by atoms with Crippen LogP contribution in [0.1, 0.15) is 31.7 Å². The Labute approximate surface area is 146 Å². The van der Waals surface area contributed by atoms with Crippen LogP contribution in [0.5, 0.6) is 0 Å². The van der Waals surface area contributed by atoms with Gasteiger partial charge in [0.2, 0.25) is 15.9 Å². The van der Waals surface area contributed by atoms with Crippen LogP contribution in [0.2, 0.25) is 0 Å². The van der Waals surface area contributed by atoms with Crippen LogP contribution < -0.4 is 5.32 Å². The van der Waals surface area contributed by atoms with E-state index in [0.717, 1.165) is 28.6 Å². The SMILES string of the molecule is CCCS(=O)(=O)N1CCCC(C(=O)Nc2ccc(C)c(Br)c2)C1. The minimum Gasteiger partial charge on any atom is -0.326 e. The van der Waals surface area contributed by atoms with Gasteiger partial charge in [-0.3, -0.25) is 4.79 Å². The first-order valence-corrected chi connectivity index (χ1v) is 10.3. The Morgan fingerprint density at radius 3 is 2.83 bits per heavy atom. The summed E-state index contributed by atoms with van der Waals surface area (Å²) in [6.45, 7) is 4.62. The van der Waals surface area contributed by atoms with Crippen molar-refractivity contribution in [2.24, 2.45) is 5.92 Å². The molecule has 0 bridgehead atoms. The molecule has 1 aliphatic heterocycles. The zero-order chi connectivity index (χ0) is 17.0. The van der Waals surface area contributed by atoms with Crippen LogP contribution >= 0.6 is 15.9 Å². The molecule has 128 valence electrons. The molecule has 1 atom stereocenters. The average Bonchev–Trinajstić information content (AvgIpc) is 2.51. The van der Waals surface area contributed by atoms with Gasteiger partial charge >= 0.3 is 0 Å². The van der Waals surface area contributed by atoms with Crippen molar-refractivity contribution < 1.29 is 13.2 Å². The van der Waals surface area contributed by atoms with Crippen LogP contribution in [-0.4, -0.2) is 37.5 Å². The Balaban J connectivity index is 2.03. The van der Waals surface area contributed by atoms with Crippen LogP contribution in [0.25, 0.3) is 0 Å². The number of aryl methyl sites for hydroxylation is 1. The van der Waals surface area contributed by atoms with Crippen LogP contribution in [0.3, 0.4) is 0 Å². The average molecular weight is 403 g/mol. The molecule has 7 heteroatoms. The number of piperidine rings is 1. The lowest BCUT2D eigenvalue weighted by molar-refractivity contribution is -0.120. The number of rotatable bonds is 5. The molecule has 0 radical (unpaired) electrons. The highest BCUT2D eigenvalue weighted by Crippen LogP contribution is 2.24. The van der Waals surface area contributed by atoms with Gasteiger partial charge in [-0.25, -0.2) is 12.7 Å². The van der Waals surface area contributed by atoms with Crippen LogP contribution in [0.4, 0.5) is 5.69 Å². The minimum atomic E-state index is -3.24.